The van der Waals surface area contributed by atoms with Crippen molar-refractivity contribution in [3.8, 4) is 5.69 Å². The van der Waals surface area contributed by atoms with Crippen LogP contribution in [0.1, 0.15) is 16.1 Å². The Balaban J connectivity index is 0.00000353. The largest absolute Gasteiger partial charge is 1.00 e. The zero-order valence-electron chi connectivity index (χ0n) is 23.4. The van der Waals surface area contributed by atoms with Crippen LogP contribution >= 0.6 is 0 Å². The molecular weight excluding hydrogens is 687 g/mol. The van der Waals surface area contributed by atoms with Crippen LogP contribution in [-0.2, 0) is 29.8 Å². The maximum absolute atomic E-state index is 12.9. The van der Waals surface area contributed by atoms with E-state index < -0.39 is 59.0 Å². The first kappa shape index (κ1) is 39.0. The number of aromatic nitrogens is 2. The summed E-state index contributed by atoms with van der Waals surface area (Å²) in [4.78, 5) is 48.6. The average molecular weight is 705 g/mol. The molecule has 0 spiro atoms. The summed E-state index contributed by atoms with van der Waals surface area (Å²) in [5.41, 5.74) is 9.05. The maximum Gasteiger partial charge on any atom is 1.00 e. The van der Waals surface area contributed by atoms with Crippen molar-refractivity contribution in [3.63, 3.8) is 0 Å². The Morgan fingerprint density at radius 1 is 0.778 bits per heavy atom. The predicted molar refractivity (Wildman–Crippen MR) is 148 cm³/mol. The van der Waals surface area contributed by atoms with Gasteiger partial charge >= 0.3 is 103 Å². The molecule has 1 aliphatic heterocycles. The van der Waals surface area contributed by atoms with Gasteiger partial charge in [-0.3, -0.25) is 24.3 Å². The van der Waals surface area contributed by atoms with Crippen molar-refractivity contribution in [1.82, 2.24) is 9.78 Å². The average Bonchev–Trinajstić information content (AvgIpc) is 3.44. The minimum absolute atomic E-state index is 0. The van der Waals surface area contributed by atoms with Gasteiger partial charge in [-0.1, -0.05) is 18.2 Å². The van der Waals surface area contributed by atoms with Crippen molar-refractivity contribution in [2.24, 2.45) is 16.6 Å². The number of aromatic amines is 1. The van der Waals surface area contributed by atoms with Crippen LogP contribution in [-0.4, -0.2) is 59.2 Å². The van der Waals surface area contributed by atoms with E-state index in [1.807, 2.05) is 0 Å². The molecule has 3 amide bonds. The third-order valence-corrected chi connectivity index (χ3v) is 7.48. The Bertz CT molecular complexity index is 2060. The molecule has 0 radical (unpaired) electrons. The first-order valence-corrected chi connectivity index (χ1v) is 14.5. The Morgan fingerprint density at radius 3 is 1.76 bits per heavy atom. The van der Waals surface area contributed by atoms with Gasteiger partial charge in [-0.25, -0.2) is 21.5 Å². The normalized spacial score (nSPS) is 14.4. The second-order valence-corrected chi connectivity index (χ2v) is 11.3. The SMILES string of the molecule is NC(=O)C1=NN(c2ccc(S(=O)(=O)[O-])cc2)C(=O)C1=CC=CC=Cc1c(C(N)=O)[nH]n(-c2ccc(S(=O)(=O)[O-])cc2)c1=O.[K+].[K+]. The number of hydrogen-bond acceptors (Lipinski definition) is 11. The number of hydrazone groups is 1. The first-order chi connectivity index (χ1) is 20.1. The third kappa shape index (κ3) is 9.01. The summed E-state index contributed by atoms with van der Waals surface area (Å²) >= 11 is 0. The smallest absolute Gasteiger partial charge is 0.744 e. The van der Waals surface area contributed by atoms with Crippen molar-refractivity contribution in [3.05, 3.63) is 100 Å². The molecule has 5 N–H and O–H groups in total. The molecule has 1 aromatic heterocycles. The van der Waals surface area contributed by atoms with Crippen LogP contribution in [0.15, 0.2) is 98.1 Å². The second-order valence-electron chi connectivity index (χ2n) is 8.56. The standard InChI is InChI=1S/C25H20N6O10S2.2K/c26-22(32)20-18(24(34)30(28-20)14-6-10-16(11-7-14)42(36,37)38)4-2-1-3-5-19-21(23(27)33)29-31(25(19)35)15-8-12-17(13-9-15)43(39,40)41;;/h1-13,28H,(H2,26,32)(H2,27,33)(H,36,37,38)(H,39,40,41);;/q;2*+1/p-2. The maximum atomic E-state index is 12.9. The summed E-state index contributed by atoms with van der Waals surface area (Å²) < 4.78 is 67.8. The molecule has 1 aliphatic rings. The number of nitrogens with zero attached hydrogens (tertiary/aromatic N) is 3. The topological polar surface area (TPSA) is 271 Å². The number of rotatable bonds is 9. The minimum Gasteiger partial charge on any atom is -0.744 e. The van der Waals surface area contributed by atoms with Gasteiger partial charge in [0, 0.05) is 0 Å². The van der Waals surface area contributed by atoms with Crippen molar-refractivity contribution in [2.75, 3.05) is 5.01 Å². The summed E-state index contributed by atoms with van der Waals surface area (Å²) in [5.74, 6) is -2.81. The fraction of sp³-hybridized carbons (Fsp3) is 0. The van der Waals surface area contributed by atoms with Crippen molar-refractivity contribution < 1.29 is 143 Å². The van der Waals surface area contributed by atoms with E-state index in [1.54, 1.807) is 0 Å². The van der Waals surface area contributed by atoms with Crippen LogP contribution in [0.25, 0.3) is 11.8 Å². The summed E-state index contributed by atoms with van der Waals surface area (Å²) in [6, 6.07) is 8.55. The zero-order valence-corrected chi connectivity index (χ0v) is 31.3. The van der Waals surface area contributed by atoms with Gasteiger partial charge in [0.15, 0.2) is 5.71 Å². The van der Waals surface area contributed by atoms with E-state index in [2.05, 4.69) is 10.2 Å². The fourth-order valence-corrected chi connectivity index (χ4v) is 4.72. The van der Waals surface area contributed by atoms with Crippen molar-refractivity contribution in [1.29, 1.82) is 0 Å². The number of hydrogen-bond donors (Lipinski definition) is 3. The molecule has 222 valence electrons. The summed E-state index contributed by atoms with van der Waals surface area (Å²) in [5, 5.41) is 7.18. The molecule has 0 atom stereocenters. The van der Waals surface area contributed by atoms with Gasteiger partial charge in [0.2, 0.25) is 0 Å². The van der Waals surface area contributed by atoms with E-state index in [4.69, 9.17) is 11.5 Å². The number of carbonyl (C=O) groups is 3. The van der Waals surface area contributed by atoms with E-state index in [-0.39, 0.29) is 131 Å². The Kier molecular flexibility index (Phi) is 13.5. The van der Waals surface area contributed by atoms with Crippen molar-refractivity contribution >= 4 is 55.4 Å². The molecule has 2 aromatic carbocycles. The van der Waals surface area contributed by atoms with Gasteiger partial charge in [0.25, 0.3) is 23.3 Å². The molecule has 16 nitrogen and oxygen atoms in total. The van der Waals surface area contributed by atoms with Gasteiger partial charge in [-0.15, -0.1) is 0 Å². The van der Waals surface area contributed by atoms with Gasteiger partial charge in [0.05, 0.1) is 32.3 Å². The van der Waals surface area contributed by atoms with Crippen molar-refractivity contribution in [2.45, 2.75) is 9.79 Å². The van der Waals surface area contributed by atoms with Crippen LogP contribution in [0.5, 0.6) is 0 Å². The number of primary amides is 2. The Labute approximate surface area is 340 Å². The summed E-state index contributed by atoms with van der Waals surface area (Å²) in [6.07, 6.45) is 6.37. The number of anilines is 1. The van der Waals surface area contributed by atoms with E-state index in [1.165, 1.54) is 42.5 Å². The van der Waals surface area contributed by atoms with Crippen LogP contribution in [0, 0.1) is 0 Å². The number of H-pyrrole nitrogens is 1. The van der Waals surface area contributed by atoms with Crippen LogP contribution in [0.3, 0.4) is 0 Å². The molecule has 2 heterocycles. The molecule has 3 aromatic rings. The van der Waals surface area contributed by atoms with Gasteiger partial charge < -0.3 is 20.6 Å². The van der Waals surface area contributed by atoms with Crippen LogP contribution in [0.2, 0.25) is 0 Å². The monoisotopic (exact) mass is 704 g/mol. The Hall–Kier alpha value is -2.16. The van der Waals surface area contributed by atoms with Gasteiger partial charge in [0.1, 0.15) is 25.9 Å². The molecule has 4 rings (SSSR count). The summed E-state index contributed by atoms with van der Waals surface area (Å²) in [7, 11) is -9.45. The molecule has 0 saturated carbocycles. The van der Waals surface area contributed by atoms with E-state index >= 15 is 0 Å². The van der Waals surface area contributed by atoms with Crippen LogP contribution in [0.4, 0.5) is 5.69 Å². The number of nitrogens with two attached hydrogens (primary N) is 2. The van der Waals surface area contributed by atoms with E-state index in [0.29, 0.717) is 0 Å². The Morgan fingerprint density at radius 2 is 1.29 bits per heavy atom. The number of benzene rings is 2. The number of allylic oxidation sites excluding steroid dienone is 4. The predicted octanol–water partition coefficient (Wildman–Crippen LogP) is -6.54. The minimum atomic E-state index is -4.73. The number of nitrogens with one attached hydrogen (secondary N) is 1. The molecule has 0 saturated heterocycles. The third-order valence-electron chi connectivity index (χ3n) is 5.79. The second kappa shape index (κ2) is 15.6. The van der Waals surface area contributed by atoms with E-state index in [0.717, 1.165) is 46.1 Å². The molecule has 20 heteroatoms. The van der Waals surface area contributed by atoms with Gasteiger partial charge in [-0.05, 0) is 60.7 Å². The molecule has 0 fully saturated rings. The molecular formula is C25H18K2N6O10S2. The van der Waals surface area contributed by atoms with E-state index in [9.17, 15) is 45.1 Å². The quantitative estimate of drug-likeness (QED) is 0.0820. The van der Waals surface area contributed by atoms with Gasteiger partial charge in [-0.2, -0.15) is 10.1 Å². The zero-order chi connectivity index (χ0) is 31.7. The molecule has 0 aliphatic carbocycles. The first-order valence-electron chi connectivity index (χ1n) is 11.6. The molecule has 0 unspecified atom stereocenters. The number of carbonyl (C=O) groups excluding carboxylic acids is 3. The summed E-state index contributed by atoms with van der Waals surface area (Å²) in [6.45, 7) is 0. The van der Waals surface area contributed by atoms with Crippen LogP contribution < -0.4 is 125 Å². The molecule has 0 bridgehead atoms. The molecule has 45 heavy (non-hydrogen) atoms. The number of amides is 3. The fourth-order valence-electron chi connectivity index (χ4n) is 3.78.